The minimum absolute atomic E-state index is 0.0427. The lowest BCUT2D eigenvalue weighted by atomic mass is 9.93. The standard InChI is InChI=1S/C21H30N2O2/c1-2-7-20(24)23-14-12-17(13-15-23)21(25)22-19-11-6-4-9-16-8-3-5-10-18(16)19/h3,5,8,10,17,19H,2,4,6-7,9,11-15H2,1H3,(H,22,25)/t19-/m0/s1. The summed E-state index contributed by atoms with van der Waals surface area (Å²) in [7, 11) is 0. The number of carbonyl (C=O) groups excluding carboxylic acids is 2. The smallest absolute Gasteiger partial charge is 0.223 e. The number of aryl methyl sites for hydroxylation is 1. The molecular formula is C21H30N2O2. The van der Waals surface area contributed by atoms with Crippen molar-refractivity contribution in [3.63, 3.8) is 0 Å². The maximum atomic E-state index is 12.8. The Bertz CT molecular complexity index is 606. The molecule has 3 rings (SSSR count). The van der Waals surface area contributed by atoms with Gasteiger partial charge in [0.2, 0.25) is 11.8 Å². The number of hydrogen-bond acceptors (Lipinski definition) is 2. The first-order valence-corrected chi connectivity index (χ1v) is 9.85. The highest BCUT2D eigenvalue weighted by Crippen LogP contribution is 2.29. The molecular weight excluding hydrogens is 312 g/mol. The molecule has 136 valence electrons. The van der Waals surface area contributed by atoms with Gasteiger partial charge < -0.3 is 10.2 Å². The van der Waals surface area contributed by atoms with Gasteiger partial charge in [0.15, 0.2) is 0 Å². The van der Waals surface area contributed by atoms with Crippen LogP contribution in [-0.2, 0) is 16.0 Å². The van der Waals surface area contributed by atoms with Crippen LogP contribution in [0.3, 0.4) is 0 Å². The quantitative estimate of drug-likeness (QED) is 0.850. The molecule has 1 fully saturated rings. The molecule has 1 atom stereocenters. The van der Waals surface area contributed by atoms with E-state index < -0.39 is 0 Å². The maximum Gasteiger partial charge on any atom is 0.223 e. The lowest BCUT2D eigenvalue weighted by Gasteiger charge is -2.32. The highest BCUT2D eigenvalue weighted by molar-refractivity contribution is 5.80. The summed E-state index contributed by atoms with van der Waals surface area (Å²) in [4.78, 5) is 26.7. The minimum atomic E-state index is 0.0427. The third kappa shape index (κ3) is 4.42. The lowest BCUT2D eigenvalue weighted by Crippen LogP contribution is -2.43. The van der Waals surface area contributed by atoms with E-state index in [1.165, 1.54) is 17.5 Å². The summed E-state index contributed by atoms with van der Waals surface area (Å²) in [5, 5.41) is 3.31. The van der Waals surface area contributed by atoms with Crippen LogP contribution in [0.15, 0.2) is 24.3 Å². The van der Waals surface area contributed by atoms with E-state index in [9.17, 15) is 9.59 Å². The fourth-order valence-electron chi connectivity index (χ4n) is 4.12. The number of benzene rings is 1. The summed E-state index contributed by atoms with van der Waals surface area (Å²) in [6, 6.07) is 8.66. The summed E-state index contributed by atoms with van der Waals surface area (Å²) in [6.07, 6.45) is 7.57. The molecule has 0 saturated carbocycles. The minimum Gasteiger partial charge on any atom is -0.349 e. The molecule has 0 spiro atoms. The van der Waals surface area contributed by atoms with Gasteiger partial charge in [0, 0.05) is 25.4 Å². The second-order valence-electron chi connectivity index (χ2n) is 7.41. The van der Waals surface area contributed by atoms with Gasteiger partial charge in [-0.1, -0.05) is 37.6 Å². The zero-order valence-corrected chi connectivity index (χ0v) is 15.3. The van der Waals surface area contributed by atoms with Crippen molar-refractivity contribution in [1.82, 2.24) is 10.2 Å². The third-order valence-corrected chi connectivity index (χ3v) is 5.62. The average molecular weight is 342 g/mol. The van der Waals surface area contributed by atoms with Gasteiger partial charge in [-0.05, 0) is 49.7 Å². The number of hydrogen-bond donors (Lipinski definition) is 1. The van der Waals surface area contributed by atoms with Gasteiger partial charge in [-0.2, -0.15) is 0 Å². The summed E-state index contributed by atoms with van der Waals surface area (Å²) >= 11 is 0. The van der Waals surface area contributed by atoms with Crippen molar-refractivity contribution in [3.05, 3.63) is 35.4 Å². The zero-order chi connectivity index (χ0) is 17.6. The van der Waals surface area contributed by atoms with E-state index in [4.69, 9.17) is 0 Å². The highest BCUT2D eigenvalue weighted by atomic mass is 16.2. The molecule has 0 radical (unpaired) electrons. The monoisotopic (exact) mass is 342 g/mol. The molecule has 1 heterocycles. The highest BCUT2D eigenvalue weighted by Gasteiger charge is 2.29. The van der Waals surface area contributed by atoms with Gasteiger partial charge in [-0.15, -0.1) is 0 Å². The van der Waals surface area contributed by atoms with Gasteiger partial charge in [0.05, 0.1) is 6.04 Å². The van der Waals surface area contributed by atoms with E-state index in [2.05, 4.69) is 29.6 Å². The average Bonchev–Trinajstić information content (AvgIpc) is 2.84. The summed E-state index contributed by atoms with van der Waals surface area (Å²) in [5.74, 6) is 0.449. The number of rotatable bonds is 4. The number of carbonyl (C=O) groups is 2. The number of piperidine rings is 1. The molecule has 0 unspecified atom stereocenters. The van der Waals surface area contributed by atoms with Crippen molar-refractivity contribution < 1.29 is 9.59 Å². The molecule has 4 nitrogen and oxygen atoms in total. The molecule has 0 bridgehead atoms. The van der Waals surface area contributed by atoms with Crippen molar-refractivity contribution >= 4 is 11.8 Å². The first kappa shape index (κ1) is 18.0. The molecule has 1 aliphatic heterocycles. The van der Waals surface area contributed by atoms with Crippen molar-refractivity contribution in [2.75, 3.05) is 13.1 Å². The molecule has 1 N–H and O–H groups in total. The first-order chi connectivity index (χ1) is 12.2. The largest absolute Gasteiger partial charge is 0.349 e. The van der Waals surface area contributed by atoms with Crippen LogP contribution in [0, 0.1) is 5.92 Å². The number of likely N-dealkylation sites (tertiary alicyclic amines) is 1. The van der Waals surface area contributed by atoms with Crippen LogP contribution in [0.1, 0.15) is 69.0 Å². The van der Waals surface area contributed by atoms with Gasteiger partial charge in [-0.3, -0.25) is 9.59 Å². The van der Waals surface area contributed by atoms with Crippen molar-refractivity contribution in [1.29, 1.82) is 0 Å². The third-order valence-electron chi connectivity index (χ3n) is 5.62. The molecule has 1 aromatic carbocycles. The van der Waals surface area contributed by atoms with E-state index >= 15 is 0 Å². The second-order valence-corrected chi connectivity index (χ2v) is 7.41. The van der Waals surface area contributed by atoms with Crippen LogP contribution in [0.5, 0.6) is 0 Å². The first-order valence-electron chi connectivity index (χ1n) is 9.85. The fraction of sp³-hybridized carbons (Fsp3) is 0.619. The summed E-state index contributed by atoms with van der Waals surface area (Å²) in [6.45, 7) is 3.47. The number of fused-ring (bicyclic) bond motifs is 1. The van der Waals surface area contributed by atoms with Crippen LogP contribution >= 0.6 is 0 Å². The van der Waals surface area contributed by atoms with Crippen molar-refractivity contribution in [2.45, 2.75) is 64.3 Å². The molecule has 1 aliphatic carbocycles. The van der Waals surface area contributed by atoms with Crippen molar-refractivity contribution in [2.24, 2.45) is 5.92 Å². The van der Waals surface area contributed by atoms with Gasteiger partial charge in [-0.25, -0.2) is 0 Å². The predicted molar refractivity (Wildman–Crippen MR) is 99.1 cm³/mol. The molecule has 4 heteroatoms. The Kier molecular flexibility index (Phi) is 6.11. The normalized spacial score (nSPS) is 21.3. The topological polar surface area (TPSA) is 49.4 Å². The SMILES string of the molecule is CCCC(=O)N1CCC(C(=O)N[C@H]2CCCCc3ccccc32)CC1. The van der Waals surface area contributed by atoms with Gasteiger partial charge in [0.1, 0.15) is 0 Å². The predicted octanol–water partition coefficient (Wildman–Crippen LogP) is 3.61. The Morgan fingerprint density at radius 2 is 1.88 bits per heavy atom. The van der Waals surface area contributed by atoms with Crippen molar-refractivity contribution in [3.8, 4) is 0 Å². The van der Waals surface area contributed by atoms with E-state index in [0.29, 0.717) is 6.42 Å². The molecule has 0 aromatic heterocycles. The Morgan fingerprint density at radius 3 is 2.64 bits per heavy atom. The van der Waals surface area contributed by atoms with Gasteiger partial charge >= 0.3 is 0 Å². The molecule has 25 heavy (non-hydrogen) atoms. The molecule has 1 saturated heterocycles. The van der Waals surface area contributed by atoms with E-state index in [-0.39, 0.29) is 23.8 Å². The van der Waals surface area contributed by atoms with E-state index in [0.717, 1.165) is 51.6 Å². The van der Waals surface area contributed by atoms with Crippen LogP contribution in [0.2, 0.25) is 0 Å². The van der Waals surface area contributed by atoms with Crippen LogP contribution in [-0.4, -0.2) is 29.8 Å². The number of nitrogens with zero attached hydrogens (tertiary/aromatic N) is 1. The Balaban J connectivity index is 1.57. The van der Waals surface area contributed by atoms with Crippen LogP contribution < -0.4 is 5.32 Å². The lowest BCUT2D eigenvalue weighted by molar-refractivity contribution is -0.135. The van der Waals surface area contributed by atoms with E-state index in [1.54, 1.807) is 0 Å². The second kappa shape index (κ2) is 8.50. The maximum absolute atomic E-state index is 12.8. The van der Waals surface area contributed by atoms with E-state index in [1.807, 2.05) is 11.8 Å². The number of nitrogens with one attached hydrogen (secondary N) is 1. The van der Waals surface area contributed by atoms with Gasteiger partial charge in [0.25, 0.3) is 0 Å². The molecule has 2 aliphatic rings. The Morgan fingerprint density at radius 1 is 1.12 bits per heavy atom. The summed E-state index contributed by atoms with van der Waals surface area (Å²) in [5.41, 5.74) is 2.68. The van der Waals surface area contributed by atoms with Crippen LogP contribution in [0.4, 0.5) is 0 Å². The zero-order valence-electron chi connectivity index (χ0n) is 15.3. The number of amides is 2. The van der Waals surface area contributed by atoms with Crippen LogP contribution in [0.25, 0.3) is 0 Å². The summed E-state index contributed by atoms with van der Waals surface area (Å²) < 4.78 is 0. The molecule has 2 amide bonds. The Labute approximate surface area is 151 Å². The molecule has 1 aromatic rings. The Hall–Kier alpha value is -1.84. The fourth-order valence-corrected chi connectivity index (χ4v) is 4.12.